The highest BCUT2D eigenvalue weighted by Gasteiger charge is 2.41. The summed E-state index contributed by atoms with van der Waals surface area (Å²) in [5, 5.41) is 3.40. The van der Waals surface area contributed by atoms with Crippen molar-refractivity contribution in [3.8, 4) is 0 Å². The summed E-state index contributed by atoms with van der Waals surface area (Å²) < 4.78 is 0. The normalized spacial score (nSPS) is 28.0. The van der Waals surface area contributed by atoms with Crippen molar-refractivity contribution >= 4 is 5.91 Å². The van der Waals surface area contributed by atoms with E-state index >= 15 is 0 Å². The second-order valence-corrected chi connectivity index (χ2v) is 7.15. The van der Waals surface area contributed by atoms with E-state index in [2.05, 4.69) is 22.0 Å². The standard InChI is InChI=1S/C17H31N3O/c1-2-17(7-9-18-10-8-17)16(21)20-13-11-19(12-14-20)15-5-3-4-6-15/h15,18H,2-14H2,1H3. The van der Waals surface area contributed by atoms with Gasteiger partial charge in [-0.15, -0.1) is 0 Å². The van der Waals surface area contributed by atoms with Crippen LogP contribution < -0.4 is 5.32 Å². The van der Waals surface area contributed by atoms with Crippen LogP contribution in [0.3, 0.4) is 0 Å². The van der Waals surface area contributed by atoms with Gasteiger partial charge in [0.25, 0.3) is 0 Å². The van der Waals surface area contributed by atoms with Crippen molar-refractivity contribution in [3.63, 3.8) is 0 Å². The monoisotopic (exact) mass is 293 g/mol. The van der Waals surface area contributed by atoms with Gasteiger partial charge in [-0.2, -0.15) is 0 Å². The third-order valence-corrected chi connectivity index (χ3v) is 6.13. The lowest BCUT2D eigenvalue weighted by molar-refractivity contribution is -0.146. The number of nitrogens with one attached hydrogen (secondary N) is 1. The zero-order valence-corrected chi connectivity index (χ0v) is 13.6. The summed E-state index contributed by atoms with van der Waals surface area (Å²) in [4.78, 5) is 17.8. The second-order valence-electron chi connectivity index (χ2n) is 7.15. The molecule has 1 N–H and O–H groups in total. The first kappa shape index (κ1) is 15.3. The summed E-state index contributed by atoms with van der Waals surface area (Å²) in [5.74, 6) is 0.442. The van der Waals surface area contributed by atoms with Crippen molar-refractivity contribution < 1.29 is 4.79 Å². The molecule has 0 aromatic heterocycles. The molecule has 120 valence electrons. The number of nitrogens with zero attached hydrogens (tertiary/aromatic N) is 2. The first-order valence-corrected chi connectivity index (χ1v) is 8.99. The maximum Gasteiger partial charge on any atom is 0.228 e. The molecule has 0 bridgehead atoms. The molecular weight excluding hydrogens is 262 g/mol. The van der Waals surface area contributed by atoms with E-state index in [1.54, 1.807) is 0 Å². The average Bonchev–Trinajstić information content (AvgIpc) is 3.09. The summed E-state index contributed by atoms with van der Waals surface area (Å²) in [5.41, 5.74) is -0.0687. The number of hydrogen-bond acceptors (Lipinski definition) is 3. The minimum atomic E-state index is -0.0687. The molecule has 0 radical (unpaired) electrons. The number of hydrogen-bond donors (Lipinski definition) is 1. The minimum absolute atomic E-state index is 0.0687. The molecule has 2 saturated heterocycles. The lowest BCUT2D eigenvalue weighted by atomic mass is 9.75. The quantitative estimate of drug-likeness (QED) is 0.862. The highest BCUT2D eigenvalue weighted by molar-refractivity contribution is 5.83. The highest BCUT2D eigenvalue weighted by Crippen LogP contribution is 2.35. The smallest absolute Gasteiger partial charge is 0.228 e. The van der Waals surface area contributed by atoms with Crippen molar-refractivity contribution in [2.24, 2.45) is 5.41 Å². The van der Waals surface area contributed by atoms with Crippen molar-refractivity contribution in [2.45, 2.75) is 57.9 Å². The highest BCUT2D eigenvalue weighted by atomic mass is 16.2. The van der Waals surface area contributed by atoms with Crippen LogP contribution in [0.25, 0.3) is 0 Å². The van der Waals surface area contributed by atoms with E-state index in [0.29, 0.717) is 5.91 Å². The summed E-state index contributed by atoms with van der Waals surface area (Å²) in [7, 11) is 0. The molecule has 0 unspecified atom stereocenters. The molecule has 1 amide bonds. The van der Waals surface area contributed by atoms with Gasteiger partial charge in [-0.3, -0.25) is 9.69 Å². The maximum atomic E-state index is 13.0. The molecule has 2 aliphatic heterocycles. The zero-order valence-electron chi connectivity index (χ0n) is 13.6. The molecule has 3 rings (SSSR count). The van der Waals surface area contributed by atoms with E-state index in [9.17, 15) is 4.79 Å². The lowest BCUT2D eigenvalue weighted by Crippen LogP contribution is -2.56. The van der Waals surface area contributed by atoms with Crippen LogP contribution in [-0.4, -0.2) is 61.0 Å². The Balaban J connectivity index is 1.56. The van der Waals surface area contributed by atoms with E-state index in [-0.39, 0.29) is 5.41 Å². The van der Waals surface area contributed by atoms with Crippen LogP contribution in [0.5, 0.6) is 0 Å². The van der Waals surface area contributed by atoms with Crippen molar-refractivity contribution in [3.05, 3.63) is 0 Å². The van der Waals surface area contributed by atoms with Gasteiger partial charge in [-0.25, -0.2) is 0 Å². The van der Waals surface area contributed by atoms with Gasteiger partial charge in [0.1, 0.15) is 0 Å². The summed E-state index contributed by atoms with van der Waals surface area (Å²) in [6, 6.07) is 0.807. The molecule has 0 aromatic carbocycles. The van der Waals surface area contributed by atoms with Crippen molar-refractivity contribution in [2.75, 3.05) is 39.3 Å². The Morgan fingerprint density at radius 1 is 1.10 bits per heavy atom. The fourth-order valence-corrected chi connectivity index (χ4v) is 4.52. The Labute approximate surface area is 129 Å². The van der Waals surface area contributed by atoms with Crippen molar-refractivity contribution in [1.29, 1.82) is 0 Å². The summed E-state index contributed by atoms with van der Waals surface area (Å²) in [6.45, 7) is 8.28. The molecule has 1 aliphatic carbocycles. The fraction of sp³-hybridized carbons (Fsp3) is 0.941. The van der Waals surface area contributed by atoms with Crippen LogP contribution in [0.2, 0.25) is 0 Å². The Bertz CT molecular complexity index is 351. The summed E-state index contributed by atoms with van der Waals surface area (Å²) in [6.07, 6.45) is 8.58. The number of carbonyl (C=O) groups excluding carboxylic acids is 1. The molecule has 4 heteroatoms. The minimum Gasteiger partial charge on any atom is -0.340 e. The van der Waals surface area contributed by atoms with Gasteiger partial charge >= 0.3 is 0 Å². The topological polar surface area (TPSA) is 35.6 Å². The van der Waals surface area contributed by atoms with Gasteiger partial charge in [0.15, 0.2) is 0 Å². The third-order valence-electron chi connectivity index (χ3n) is 6.13. The van der Waals surface area contributed by atoms with Crippen LogP contribution in [-0.2, 0) is 4.79 Å². The third kappa shape index (κ3) is 3.11. The zero-order chi connectivity index (χ0) is 14.7. The molecule has 2 heterocycles. The molecule has 4 nitrogen and oxygen atoms in total. The molecular formula is C17H31N3O. The summed E-state index contributed by atoms with van der Waals surface area (Å²) >= 11 is 0. The Morgan fingerprint density at radius 2 is 1.71 bits per heavy atom. The maximum absolute atomic E-state index is 13.0. The number of amides is 1. The van der Waals surface area contributed by atoms with Crippen molar-refractivity contribution in [1.82, 2.24) is 15.1 Å². The number of piperazine rings is 1. The molecule has 3 fully saturated rings. The Morgan fingerprint density at radius 3 is 2.29 bits per heavy atom. The molecule has 1 saturated carbocycles. The number of carbonyl (C=O) groups is 1. The van der Waals surface area contributed by atoms with E-state index < -0.39 is 0 Å². The van der Waals surface area contributed by atoms with E-state index in [1.807, 2.05) is 0 Å². The van der Waals surface area contributed by atoms with E-state index in [0.717, 1.165) is 64.6 Å². The van der Waals surface area contributed by atoms with Gasteiger partial charge in [0, 0.05) is 32.2 Å². The first-order chi connectivity index (χ1) is 10.2. The predicted octanol–water partition coefficient (Wildman–Crippen LogP) is 1.85. The van der Waals surface area contributed by atoms with Gasteiger partial charge in [-0.05, 0) is 45.2 Å². The first-order valence-electron chi connectivity index (χ1n) is 8.99. The van der Waals surface area contributed by atoms with Crippen LogP contribution in [0.1, 0.15) is 51.9 Å². The van der Waals surface area contributed by atoms with E-state index in [4.69, 9.17) is 0 Å². The molecule has 0 aromatic rings. The lowest BCUT2D eigenvalue weighted by Gasteiger charge is -2.44. The molecule has 21 heavy (non-hydrogen) atoms. The SMILES string of the molecule is CCC1(C(=O)N2CCN(C3CCCC3)CC2)CCNCC1. The Hall–Kier alpha value is -0.610. The fourth-order valence-electron chi connectivity index (χ4n) is 4.52. The largest absolute Gasteiger partial charge is 0.340 e. The average molecular weight is 293 g/mol. The number of piperidine rings is 1. The molecule has 3 aliphatic rings. The van der Waals surface area contributed by atoms with Crippen LogP contribution in [0, 0.1) is 5.41 Å². The van der Waals surface area contributed by atoms with Gasteiger partial charge in [0.05, 0.1) is 5.41 Å². The second kappa shape index (κ2) is 6.66. The van der Waals surface area contributed by atoms with Crippen LogP contribution in [0.15, 0.2) is 0 Å². The van der Waals surface area contributed by atoms with Crippen LogP contribution in [0.4, 0.5) is 0 Å². The van der Waals surface area contributed by atoms with Gasteiger partial charge < -0.3 is 10.2 Å². The van der Waals surface area contributed by atoms with Gasteiger partial charge in [-0.1, -0.05) is 19.8 Å². The molecule has 0 atom stereocenters. The van der Waals surface area contributed by atoms with Gasteiger partial charge in [0.2, 0.25) is 5.91 Å². The predicted molar refractivity (Wildman–Crippen MR) is 85.2 cm³/mol. The Kier molecular flexibility index (Phi) is 4.85. The number of rotatable bonds is 3. The molecule has 0 spiro atoms. The van der Waals surface area contributed by atoms with E-state index in [1.165, 1.54) is 25.7 Å². The van der Waals surface area contributed by atoms with Crippen LogP contribution >= 0.6 is 0 Å².